The third-order valence-corrected chi connectivity index (χ3v) is 2.00. The molecule has 0 aliphatic heterocycles. The summed E-state index contributed by atoms with van der Waals surface area (Å²) in [6.07, 6.45) is -4.07. The molecule has 1 N–H and O–H groups in total. The molecule has 16 heavy (non-hydrogen) atoms. The molecular weight excluding hydrogens is 221 g/mol. The third kappa shape index (κ3) is 4.46. The molecule has 1 heterocycles. The van der Waals surface area contributed by atoms with Crippen molar-refractivity contribution in [3.63, 3.8) is 0 Å². The fourth-order valence-corrected chi connectivity index (χ4v) is 1.33. The van der Waals surface area contributed by atoms with E-state index in [2.05, 4.69) is 9.97 Å². The highest BCUT2D eigenvalue weighted by Gasteiger charge is 2.26. The number of aromatic amines is 1. The summed E-state index contributed by atoms with van der Waals surface area (Å²) < 4.78 is 35.9. The highest BCUT2D eigenvalue weighted by molar-refractivity contribution is 5.03. The van der Waals surface area contributed by atoms with Crippen molar-refractivity contribution in [3.05, 3.63) is 27.9 Å². The maximum atomic E-state index is 12.0. The van der Waals surface area contributed by atoms with E-state index in [0.29, 0.717) is 12.1 Å². The predicted molar refractivity (Wildman–Crippen MR) is 53.2 cm³/mol. The third-order valence-electron chi connectivity index (χ3n) is 2.00. The quantitative estimate of drug-likeness (QED) is 0.868. The molecule has 0 saturated carbocycles. The number of H-pyrrole nitrogens is 1. The van der Waals surface area contributed by atoms with Crippen LogP contribution in [0.5, 0.6) is 0 Å². The molecule has 0 fully saturated rings. The molecule has 90 valence electrons. The second-order valence-electron chi connectivity index (χ2n) is 3.55. The lowest BCUT2D eigenvalue weighted by Gasteiger charge is -2.06. The molecule has 0 spiro atoms. The molecule has 0 bridgehead atoms. The van der Waals surface area contributed by atoms with Gasteiger partial charge in [0.05, 0.1) is 6.42 Å². The summed E-state index contributed by atoms with van der Waals surface area (Å²) in [6, 6.07) is 1.32. The van der Waals surface area contributed by atoms with Crippen LogP contribution < -0.4 is 5.56 Å². The zero-order valence-electron chi connectivity index (χ0n) is 8.90. The molecule has 1 rings (SSSR count). The minimum atomic E-state index is -4.22. The number of nitrogens with zero attached hydrogens (tertiary/aromatic N) is 1. The Balaban J connectivity index is 2.76. The second-order valence-corrected chi connectivity index (χ2v) is 3.55. The van der Waals surface area contributed by atoms with E-state index in [1.165, 1.54) is 6.07 Å². The van der Waals surface area contributed by atoms with Crippen LogP contribution in [-0.2, 0) is 12.8 Å². The van der Waals surface area contributed by atoms with Crippen molar-refractivity contribution in [1.29, 1.82) is 0 Å². The van der Waals surface area contributed by atoms with Gasteiger partial charge in [-0.05, 0) is 6.42 Å². The van der Waals surface area contributed by atoms with Gasteiger partial charge in [0.1, 0.15) is 5.82 Å². The van der Waals surface area contributed by atoms with Gasteiger partial charge in [0.15, 0.2) is 0 Å². The molecule has 1 aromatic rings. The SMILES string of the molecule is CCCc1cc(=O)[nH]c(CCC(F)(F)F)n1. The lowest BCUT2D eigenvalue weighted by atomic mass is 10.2. The average molecular weight is 234 g/mol. The van der Waals surface area contributed by atoms with E-state index in [4.69, 9.17) is 0 Å². The van der Waals surface area contributed by atoms with Gasteiger partial charge in [-0.2, -0.15) is 13.2 Å². The molecule has 3 nitrogen and oxygen atoms in total. The lowest BCUT2D eigenvalue weighted by molar-refractivity contribution is -0.134. The fraction of sp³-hybridized carbons (Fsp3) is 0.600. The molecule has 0 aliphatic carbocycles. The number of rotatable bonds is 4. The number of aromatic nitrogens is 2. The number of aryl methyl sites for hydroxylation is 2. The average Bonchev–Trinajstić information content (AvgIpc) is 2.13. The van der Waals surface area contributed by atoms with E-state index in [1.54, 1.807) is 0 Å². The van der Waals surface area contributed by atoms with Crippen molar-refractivity contribution < 1.29 is 13.2 Å². The van der Waals surface area contributed by atoms with Crippen LogP contribution in [0.2, 0.25) is 0 Å². The highest BCUT2D eigenvalue weighted by Crippen LogP contribution is 2.20. The Labute approximate surface area is 90.7 Å². The first-order chi connectivity index (χ1) is 7.40. The molecule has 0 unspecified atom stereocenters. The number of halogens is 3. The fourth-order valence-electron chi connectivity index (χ4n) is 1.33. The zero-order valence-corrected chi connectivity index (χ0v) is 8.90. The van der Waals surface area contributed by atoms with E-state index < -0.39 is 18.2 Å². The Bertz CT molecular complexity index is 398. The molecule has 0 radical (unpaired) electrons. The molecule has 0 saturated heterocycles. The molecule has 0 aromatic carbocycles. The Hall–Kier alpha value is -1.33. The summed E-state index contributed by atoms with van der Waals surface area (Å²) in [5.74, 6) is 0.105. The lowest BCUT2D eigenvalue weighted by Crippen LogP contribution is -2.16. The second kappa shape index (κ2) is 5.14. The van der Waals surface area contributed by atoms with E-state index in [0.717, 1.165) is 6.42 Å². The van der Waals surface area contributed by atoms with Gasteiger partial charge in [-0.1, -0.05) is 13.3 Å². The maximum Gasteiger partial charge on any atom is 0.389 e. The Morgan fingerprint density at radius 2 is 2.06 bits per heavy atom. The summed E-state index contributed by atoms with van der Waals surface area (Å²) >= 11 is 0. The molecule has 0 amide bonds. The van der Waals surface area contributed by atoms with Crippen LogP contribution in [0.15, 0.2) is 10.9 Å². The van der Waals surface area contributed by atoms with Gasteiger partial charge in [0.2, 0.25) is 0 Å². The van der Waals surface area contributed by atoms with E-state index in [9.17, 15) is 18.0 Å². The Morgan fingerprint density at radius 3 is 2.62 bits per heavy atom. The summed E-state index contributed by atoms with van der Waals surface area (Å²) in [7, 11) is 0. The smallest absolute Gasteiger partial charge is 0.311 e. The van der Waals surface area contributed by atoms with Crippen LogP contribution in [-0.4, -0.2) is 16.1 Å². The maximum absolute atomic E-state index is 12.0. The van der Waals surface area contributed by atoms with Crippen LogP contribution in [0.4, 0.5) is 13.2 Å². The first-order valence-corrected chi connectivity index (χ1v) is 5.06. The first kappa shape index (κ1) is 12.7. The number of hydrogen-bond donors (Lipinski definition) is 1. The van der Waals surface area contributed by atoms with Crippen molar-refractivity contribution in [3.8, 4) is 0 Å². The van der Waals surface area contributed by atoms with Gasteiger partial charge in [0, 0.05) is 18.2 Å². The zero-order chi connectivity index (χ0) is 12.2. The highest BCUT2D eigenvalue weighted by atomic mass is 19.4. The predicted octanol–water partition coefficient (Wildman–Crippen LogP) is 2.22. The molecule has 1 aromatic heterocycles. The van der Waals surface area contributed by atoms with Crippen molar-refractivity contribution in [1.82, 2.24) is 9.97 Å². The van der Waals surface area contributed by atoms with Gasteiger partial charge < -0.3 is 4.98 Å². The van der Waals surface area contributed by atoms with Crippen molar-refractivity contribution in [2.75, 3.05) is 0 Å². The molecule has 0 atom stereocenters. The van der Waals surface area contributed by atoms with Gasteiger partial charge in [-0.3, -0.25) is 4.79 Å². The number of alkyl halides is 3. The molecular formula is C10H13F3N2O. The van der Waals surface area contributed by atoms with E-state index in [-0.39, 0.29) is 12.2 Å². The summed E-state index contributed by atoms with van der Waals surface area (Å²) in [5, 5.41) is 0. The largest absolute Gasteiger partial charge is 0.389 e. The Kier molecular flexibility index (Phi) is 4.09. The summed E-state index contributed by atoms with van der Waals surface area (Å²) in [4.78, 5) is 17.4. The van der Waals surface area contributed by atoms with Gasteiger partial charge in [-0.15, -0.1) is 0 Å². The standard InChI is InChI=1S/C10H13F3N2O/c1-2-3-7-6-9(16)15-8(14-7)4-5-10(11,12)13/h6H,2-5H2,1H3,(H,14,15,16). The van der Waals surface area contributed by atoms with Crippen molar-refractivity contribution in [2.24, 2.45) is 0 Å². The monoisotopic (exact) mass is 234 g/mol. The van der Waals surface area contributed by atoms with Gasteiger partial charge >= 0.3 is 6.18 Å². The van der Waals surface area contributed by atoms with Crippen LogP contribution in [0.3, 0.4) is 0 Å². The van der Waals surface area contributed by atoms with Crippen LogP contribution in [0.25, 0.3) is 0 Å². The topological polar surface area (TPSA) is 45.8 Å². The van der Waals surface area contributed by atoms with Gasteiger partial charge in [0.25, 0.3) is 5.56 Å². The number of nitrogens with one attached hydrogen (secondary N) is 1. The Morgan fingerprint density at radius 1 is 1.38 bits per heavy atom. The van der Waals surface area contributed by atoms with Crippen LogP contribution in [0.1, 0.15) is 31.3 Å². The first-order valence-electron chi connectivity index (χ1n) is 5.06. The normalized spacial score (nSPS) is 11.8. The number of hydrogen-bond acceptors (Lipinski definition) is 2. The van der Waals surface area contributed by atoms with Crippen molar-refractivity contribution in [2.45, 2.75) is 38.8 Å². The van der Waals surface area contributed by atoms with Crippen LogP contribution in [0, 0.1) is 0 Å². The molecule has 6 heteroatoms. The molecule has 0 aliphatic rings. The summed E-state index contributed by atoms with van der Waals surface area (Å²) in [6.45, 7) is 1.91. The van der Waals surface area contributed by atoms with Gasteiger partial charge in [-0.25, -0.2) is 4.98 Å². The minimum absolute atomic E-state index is 0.105. The minimum Gasteiger partial charge on any atom is -0.311 e. The van der Waals surface area contributed by atoms with Crippen molar-refractivity contribution >= 4 is 0 Å². The van der Waals surface area contributed by atoms with E-state index in [1.807, 2.05) is 6.92 Å². The van der Waals surface area contributed by atoms with E-state index >= 15 is 0 Å². The van der Waals surface area contributed by atoms with Crippen LogP contribution >= 0.6 is 0 Å². The summed E-state index contributed by atoms with van der Waals surface area (Å²) in [5.41, 5.74) is 0.152.